The van der Waals surface area contributed by atoms with Crippen LogP contribution in [0.25, 0.3) is 0 Å². The average molecular weight is 290 g/mol. The maximum Gasteiger partial charge on any atom is 0.265 e. The average Bonchev–Trinajstić information content (AvgIpc) is 2.88. The van der Waals surface area contributed by atoms with Crippen LogP contribution in [-0.4, -0.2) is 12.0 Å². The van der Waals surface area contributed by atoms with Crippen LogP contribution in [0.4, 0.5) is 20.2 Å². The number of ether oxygens (including phenoxy) is 1. The van der Waals surface area contributed by atoms with Crippen LogP contribution < -0.4 is 15.8 Å². The molecule has 1 unspecified atom stereocenters. The van der Waals surface area contributed by atoms with Gasteiger partial charge in [-0.25, -0.2) is 8.78 Å². The predicted molar refractivity (Wildman–Crippen MR) is 74.0 cm³/mol. The van der Waals surface area contributed by atoms with Crippen LogP contribution >= 0.6 is 0 Å². The van der Waals surface area contributed by atoms with Gasteiger partial charge in [-0.15, -0.1) is 0 Å². The Labute approximate surface area is 119 Å². The number of nitrogens with one attached hydrogen (secondary N) is 1. The van der Waals surface area contributed by atoms with Crippen molar-refractivity contribution in [1.29, 1.82) is 0 Å². The lowest BCUT2D eigenvalue weighted by Crippen LogP contribution is -2.31. The predicted octanol–water partition coefficient (Wildman–Crippen LogP) is 2.49. The Bertz CT molecular complexity index is 694. The van der Waals surface area contributed by atoms with Crippen LogP contribution in [0.15, 0.2) is 36.4 Å². The van der Waals surface area contributed by atoms with Crippen LogP contribution in [0.1, 0.15) is 5.56 Å². The van der Waals surface area contributed by atoms with Gasteiger partial charge in [0.2, 0.25) is 0 Å². The molecule has 0 aromatic heterocycles. The fourth-order valence-corrected chi connectivity index (χ4v) is 2.20. The first-order valence-corrected chi connectivity index (χ1v) is 6.34. The third-order valence-electron chi connectivity index (χ3n) is 3.28. The first-order valence-electron chi connectivity index (χ1n) is 6.34. The molecule has 2 aromatic carbocycles. The second kappa shape index (κ2) is 5.05. The van der Waals surface area contributed by atoms with Crippen molar-refractivity contribution in [2.45, 2.75) is 12.5 Å². The van der Waals surface area contributed by atoms with Crippen molar-refractivity contribution in [2.75, 3.05) is 11.1 Å². The third kappa shape index (κ3) is 2.52. The summed E-state index contributed by atoms with van der Waals surface area (Å²) in [5.41, 5.74) is 5.88. The molecule has 0 bridgehead atoms. The first-order chi connectivity index (χ1) is 10.0. The number of nitrogen functional groups attached to an aromatic ring is 1. The molecule has 108 valence electrons. The van der Waals surface area contributed by atoms with Crippen LogP contribution in [-0.2, 0) is 11.2 Å². The van der Waals surface area contributed by atoms with Gasteiger partial charge in [-0.1, -0.05) is 18.2 Å². The lowest BCUT2D eigenvalue weighted by Gasteiger charge is -2.12. The first kappa shape index (κ1) is 13.4. The van der Waals surface area contributed by atoms with Crippen molar-refractivity contribution in [2.24, 2.45) is 0 Å². The molecule has 1 aliphatic heterocycles. The van der Waals surface area contributed by atoms with Crippen molar-refractivity contribution < 1.29 is 18.3 Å². The van der Waals surface area contributed by atoms with E-state index in [1.807, 2.05) is 12.1 Å². The number of para-hydroxylation sites is 1. The summed E-state index contributed by atoms with van der Waals surface area (Å²) in [5.74, 6) is -1.62. The lowest BCUT2D eigenvalue weighted by atomic mass is 10.1. The van der Waals surface area contributed by atoms with Gasteiger partial charge in [0.05, 0.1) is 11.4 Å². The Kier molecular flexibility index (Phi) is 3.21. The number of amides is 1. The van der Waals surface area contributed by atoms with E-state index < -0.39 is 23.6 Å². The number of benzene rings is 2. The SMILES string of the molecule is Nc1cc(NC(=O)C2Cc3ccccc3O2)c(F)cc1F. The minimum Gasteiger partial charge on any atom is -0.480 e. The van der Waals surface area contributed by atoms with Gasteiger partial charge in [0, 0.05) is 12.5 Å². The van der Waals surface area contributed by atoms with E-state index in [2.05, 4.69) is 5.32 Å². The molecule has 0 saturated carbocycles. The van der Waals surface area contributed by atoms with E-state index in [0.717, 1.165) is 11.6 Å². The smallest absolute Gasteiger partial charge is 0.265 e. The second-order valence-corrected chi connectivity index (χ2v) is 4.76. The van der Waals surface area contributed by atoms with E-state index in [4.69, 9.17) is 10.5 Å². The summed E-state index contributed by atoms with van der Waals surface area (Å²) in [6, 6.07) is 8.96. The van der Waals surface area contributed by atoms with Gasteiger partial charge in [0.15, 0.2) is 6.10 Å². The molecule has 6 heteroatoms. The molecule has 1 aliphatic rings. The fourth-order valence-electron chi connectivity index (χ4n) is 2.20. The highest BCUT2D eigenvalue weighted by Gasteiger charge is 2.29. The zero-order valence-electron chi connectivity index (χ0n) is 10.9. The zero-order valence-corrected chi connectivity index (χ0v) is 10.9. The minimum absolute atomic E-state index is 0.168. The molecule has 0 fully saturated rings. The van der Waals surface area contributed by atoms with E-state index in [9.17, 15) is 13.6 Å². The standard InChI is InChI=1S/C15H12F2N2O2/c16-9-6-10(17)12(7-11(9)18)19-15(20)14-5-8-3-1-2-4-13(8)21-14/h1-4,6-7,14H,5,18H2,(H,19,20). The largest absolute Gasteiger partial charge is 0.480 e. The number of nitrogens with two attached hydrogens (primary N) is 1. The molecule has 0 spiro atoms. The molecule has 3 N–H and O–H groups in total. The molecule has 1 heterocycles. The maximum absolute atomic E-state index is 13.6. The van der Waals surface area contributed by atoms with E-state index in [1.165, 1.54) is 0 Å². The zero-order chi connectivity index (χ0) is 15.0. The monoisotopic (exact) mass is 290 g/mol. The fraction of sp³-hybridized carbons (Fsp3) is 0.133. The normalized spacial score (nSPS) is 16.2. The number of hydrogen-bond donors (Lipinski definition) is 2. The van der Waals surface area contributed by atoms with Crippen molar-refractivity contribution in [3.8, 4) is 5.75 Å². The third-order valence-corrected chi connectivity index (χ3v) is 3.28. The Morgan fingerprint density at radius 1 is 1.24 bits per heavy atom. The van der Waals surface area contributed by atoms with Crippen LogP contribution in [0.5, 0.6) is 5.75 Å². The summed E-state index contributed by atoms with van der Waals surface area (Å²) in [6.45, 7) is 0. The van der Waals surface area contributed by atoms with Gasteiger partial charge in [0.25, 0.3) is 5.91 Å². The van der Waals surface area contributed by atoms with Gasteiger partial charge in [-0.05, 0) is 17.7 Å². The van der Waals surface area contributed by atoms with E-state index in [-0.39, 0.29) is 11.4 Å². The number of hydrogen-bond acceptors (Lipinski definition) is 3. The highest BCUT2D eigenvalue weighted by Crippen LogP contribution is 2.29. The molecule has 1 atom stereocenters. The molecule has 3 rings (SSSR count). The summed E-state index contributed by atoms with van der Waals surface area (Å²) in [4.78, 5) is 12.1. The van der Waals surface area contributed by atoms with Gasteiger partial charge in [-0.3, -0.25) is 4.79 Å². The molecule has 4 nitrogen and oxygen atoms in total. The number of carbonyl (C=O) groups is 1. The Morgan fingerprint density at radius 2 is 2.00 bits per heavy atom. The van der Waals surface area contributed by atoms with E-state index in [0.29, 0.717) is 18.2 Å². The molecule has 0 aliphatic carbocycles. The Balaban J connectivity index is 1.75. The second-order valence-electron chi connectivity index (χ2n) is 4.76. The van der Waals surface area contributed by atoms with Crippen molar-refractivity contribution in [1.82, 2.24) is 0 Å². The van der Waals surface area contributed by atoms with E-state index in [1.54, 1.807) is 12.1 Å². The van der Waals surface area contributed by atoms with Crippen molar-refractivity contribution in [3.63, 3.8) is 0 Å². The molecule has 0 radical (unpaired) electrons. The molecule has 21 heavy (non-hydrogen) atoms. The number of anilines is 2. The highest BCUT2D eigenvalue weighted by molar-refractivity contribution is 5.95. The maximum atomic E-state index is 13.6. The Morgan fingerprint density at radius 3 is 2.76 bits per heavy atom. The number of fused-ring (bicyclic) bond motifs is 1. The summed E-state index contributed by atoms with van der Waals surface area (Å²) in [6.07, 6.45) is -0.339. The van der Waals surface area contributed by atoms with Crippen LogP contribution in [0, 0.1) is 11.6 Å². The van der Waals surface area contributed by atoms with Crippen LogP contribution in [0.2, 0.25) is 0 Å². The quantitative estimate of drug-likeness (QED) is 0.835. The topological polar surface area (TPSA) is 64.3 Å². The van der Waals surface area contributed by atoms with Gasteiger partial charge >= 0.3 is 0 Å². The summed E-state index contributed by atoms with van der Waals surface area (Å²) in [5, 5.41) is 2.37. The minimum atomic E-state index is -0.884. The van der Waals surface area contributed by atoms with Crippen molar-refractivity contribution in [3.05, 3.63) is 53.6 Å². The van der Waals surface area contributed by atoms with Crippen molar-refractivity contribution >= 4 is 17.3 Å². The number of carbonyl (C=O) groups excluding carboxylic acids is 1. The molecule has 0 saturated heterocycles. The van der Waals surface area contributed by atoms with Crippen LogP contribution in [0.3, 0.4) is 0 Å². The summed E-state index contributed by atoms with van der Waals surface area (Å²) >= 11 is 0. The summed E-state index contributed by atoms with van der Waals surface area (Å²) in [7, 11) is 0. The molecule has 2 aromatic rings. The lowest BCUT2D eigenvalue weighted by molar-refractivity contribution is -0.122. The van der Waals surface area contributed by atoms with Gasteiger partial charge < -0.3 is 15.8 Å². The van der Waals surface area contributed by atoms with Gasteiger partial charge in [0.1, 0.15) is 17.4 Å². The van der Waals surface area contributed by atoms with Gasteiger partial charge in [-0.2, -0.15) is 0 Å². The number of rotatable bonds is 2. The number of halogens is 2. The molecular formula is C15H12F2N2O2. The molecule has 1 amide bonds. The Hall–Kier alpha value is -2.63. The van der Waals surface area contributed by atoms with E-state index >= 15 is 0 Å². The molecular weight excluding hydrogens is 278 g/mol. The highest BCUT2D eigenvalue weighted by atomic mass is 19.1. The summed E-state index contributed by atoms with van der Waals surface area (Å²) < 4.78 is 32.2.